The van der Waals surface area contributed by atoms with Crippen LogP contribution in [0.4, 0.5) is 5.69 Å². The van der Waals surface area contributed by atoms with Crippen LogP contribution >= 0.6 is 11.8 Å². The van der Waals surface area contributed by atoms with Gasteiger partial charge in [0.1, 0.15) is 0 Å². The highest BCUT2D eigenvalue weighted by Crippen LogP contribution is 2.28. The Labute approximate surface area is 123 Å². The molecule has 1 N–H and O–H groups in total. The topological polar surface area (TPSA) is 57.6 Å². The van der Waals surface area contributed by atoms with Gasteiger partial charge in [0.2, 0.25) is 5.91 Å². The van der Waals surface area contributed by atoms with Crippen LogP contribution < -0.4 is 4.90 Å². The molecule has 5 heteroatoms. The van der Waals surface area contributed by atoms with E-state index in [-0.39, 0.29) is 23.5 Å². The third kappa shape index (κ3) is 3.84. The van der Waals surface area contributed by atoms with E-state index in [1.54, 1.807) is 11.8 Å². The lowest BCUT2D eigenvalue weighted by molar-refractivity contribution is -0.117. The zero-order valence-electron chi connectivity index (χ0n) is 11.5. The fraction of sp³-hybridized carbons (Fsp3) is 0.467. The molecule has 0 radical (unpaired) electrons. The molecule has 0 aromatic heterocycles. The van der Waals surface area contributed by atoms with Gasteiger partial charge in [-0.15, -0.1) is 0 Å². The van der Waals surface area contributed by atoms with Gasteiger partial charge in [0.25, 0.3) is 0 Å². The van der Waals surface area contributed by atoms with Crippen molar-refractivity contribution in [3.63, 3.8) is 0 Å². The number of hydrogen-bond donors (Lipinski definition) is 1. The monoisotopic (exact) mass is 293 g/mol. The predicted molar refractivity (Wildman–Crippen MR) is 80.8 cm³/mol. The fourth-order valence-electron chi connectivity index (χ4n) is 2.39. The first-order valence-electron chi connectivity index (χ1n) is 6.73. The van der Waals surface area contributed by atoms with Crippen molar-refractivity contribution in [1.29, 1.82) is 0 Å². The van der Waals surface area contributed by atoms with Gasteiger partial charge in [0.15, 0.2) is 5.12 Å². The number of aliphatic hydroxyl groups excluding tert-OH is 1. The molecule has 1 atom stereocenters. The molecule has 1 heterocycles. The highest BCUT2D eigenvalue weighted by atomic mass is 32.2. The normalized spacial score (nSPS) is 18.6. The van der Waals surface area contributed by atoms with Gasteiger partial charge in [-0.25, -0.2) is 0 Å². The number of anilines is 1. The lowest BCUT2D eigenvalue weighted by atomic mass is 10.1. The third-order valence-corrected chi connectivity index (χ3v) is 4.39. The molecule has 1 fully saturated rings. The standard InChI is InChI=1S/C15H19NO3S/c1-11(18)20-10-13-8-15(19)16(9-13)14-4-2-3-12(7-14)5-6-17/h2-4,7,13,17H,5-6,8-10H2,1H3. The number of thioether (sulfide) groups is 1. The molecule has 1 aromatic carbocycles. The Balaban J connectivity index is 2.03. The molecular formula is C15H19NO3S. The minimum Gasteiger partial charge on any atom is -0.396 e. The molecule has 0 aliphatic carbocycles. The molecule has 2 rings (SSSR count). The van der Waals surface area contributed by atoms with Crippen molar-refractivity contribution in [3.8, 4) is 0 Å². The number of amides is 1. The van der Waals surface area contributed by atoms with Gasteiger partial charge >= 0.3 is 0 Å². The van der Waals surface area contributed by atoms with E-state index in [0.29, 0.717) is 25.1 Å². The Bertz CT molecular complexity index is 504. The van der Waals surface area contributed by atoms with Crippen LogP contribution in [0, 0.1) is 5.92 Å². The lowest BCUT2D eigenvalue weighted by Crippen LogP contribution is -2.24. The van der Waals surface area contributed by atoms with Crippen molar-refractivity contribution in [2.45, 2.75) is 19.8 Å². The smallest absolute Gasteiger partial charge is 0.227 e. The van der Waals surface area contributed by atoms with Crippen LogP contribution in [0.15, 0.2) is 24.3 Å². The Kier molecular flexibility index (Phi) is 5.20. The number of rotatable bonds is 5. The lowest BCUT2D eigenvalue weighted by Gasteiger charge is -2.17. The average Bonchev–Trinajstić information content (AvgIpc) is 2.78. The zero-order valence-corrected chi connectivity index (χ0v) is 12.4. The van der Waals surface area contributed by atoms with Crippen LogP contribution in [0.25, 0.3) is 0 Å². The van der Waals surface area contributed by atoms with Crippen molar-refractivity contribution in [3.05, 3.63) is 29.8 Å². The second kappa shape index (κ2) is 6.90. The van der Waals surface area contributed by atoms with Crippen LogP contribution in [0.5, 0.6) is 0 Å². The first-order valence-corrected chi connectivity index (χ1v) is 7.72. The zero-order chi connectivity index (χ0) is 14.5. The maximum absolute atomic E-state index is 12.1. The first kappa shape index (κ1) is 15.1. The number of nitrogens with zero attached hydrogens (tertiary/aromatic N) is 1. The summed E-state index contributed by atoms with van der Waals surface area (Å²) in [5, 5.41) is 9.07. The maximum atomic E-state index is 12.1. The van der Waals surface area contributed by atoms with Crippen LogP contribution in [0.3, 0.4) is 0 Å². The summed E-state index contributed by atoms with van der Waals surface area (Å²) >= 11 is 1.29. The van der Waals surface area contributed by atoms with Gasteiger partial charge in [0, 0.05) is 37.9 Å². The molecule has 0 spiro atoms. The van der Waals surface area contributed by atoms with Gasteiger partial charge in [-0.1, -0.05) is 23.9 Å². The van der Waals surface area contributed by atoms with Crippen molar-refractivity contribution in [2.24, 2.45) is 5.92 Å². The Morgan fingerprint density at radius 2 is 2.30 bits per heavy atom. The van der Waals surface area contributed by atoms with Crippen LogP contribution in [-0.4, -0.2) is 35.0 Å². The fourth-order valence-corrected chi connectivity index (χ4v) is 3.08. The van der Waals surface area contributed by atoms with E-state index in [2.05, 4.69) is 0 Å². The molecule has 1 saturated heterocycles. The largest absolute Gasteiger partial charge is 0.396 e. The van der Waals surface area contributed by atoms with E-state index in [1.165, 1.54) is 11.8 Å². The van der Waals surface area contributed by atoms with E-state index in [4.69, 9.17) is 5.11 Å². The molecule has 1 aliphatic heterocycles. The SMILES string of the molecule is CC(=O)SCC1CC(=O)N(c2cccc(CCO)c2)C1. The number of hydrogen-bond acceptors (Lipinski definition) is 4. The first-order chi connectivity index (χ1) is 9.60. The minimum absolute atomic E-state index is 0.0980. The summed E-state index contributed by atoms with van der Waals surface area (Å²) in [4.78, 5) is 24.9. The molecule has 1 amide bonds. The van der Waals surface area contributed by atoms with Crippen molar-refractivity contribution >= 4 is 28.5 Å². The molecule has 1 aromatic rings. The second-order valence-corrected chi connectivity index (χ2v) is 6.22. The highest BCUT2D eigenvalue weighted by Gasteiger charge is 2.30. The highest BCUT2D eigenvalue weighted by molar-refractivity contribution is 8.13. The van der Waals surface area contributed by atoms with Gasteiger partial charge in [0.05, 0.1) is 0 Å². The maximum Gasteiger partial charge on any atom is 0.227 e. The summed E-state index contributed by atoms with van der Waals surface area (Å²) in [6, 6.07) is 7.72. The Morgan fingerprint density at radius 1 is 1.50 bits per heavy atom. The molecule has 0 bridgehead atoms. The second-order valence-electron chi connectivity index (χ2n) is 5.02. The van der Waals surface area contributed by atoms with Gasteiger partial charge < -0.3 is 10.0 Å². The van der Waals surface area contributed by atoms with E-state index < -0.39 is 0 Å². The predicted octanol–water partition coefficient (Wildman–Crippen LogP) is 1.85. The van der Waals surface area contributed by atoms with Gasteiger partial charge in [-0.05, 0) is 30.0 Å². The molecule has 108 valence electrons. The van der Waals surface area contributed by atoms with Crippen LogP contribution in [-0.2, 0) is 16.0 Å². The van der Waals surface area contributed by atoms with Crippen molar-refractivity contribution in [2.75, 3.05) is 23.8 Å². The Hall–Kier alpha value is -1.33. The summed E-state index contributed by atoms with van der Waals surface area (Å²) in [5.74, 6) is 1.05. The van der Waals surface area contributed by atoms with Gasteiger partial charge in [-0.2, -0.15) is 0 Å². The number of aliphatic hydroxyl groups is 1. The average molecular weight is 293 g/mol. The molecular weight excluding hydrogens is 274 g/mol. The number of carbonyl (C=O) groups is 2. The molecule has 4 nitrogen and oxygen atoms in total. The molecule has 0 saturated carbocycles. The summed E-state index contributed by atoms with van der Waals surface area (Å²) in [5.41, 5.74) is 1.91. The molecule has 1 aliphatic rings. The molecule has 20 heavy (non-hydrogen) atoms. The van der Waals surface area contributed by atoms with Crippen LogP contribution in [0.1, 0.15) is 18.9 Å². The summed E-state index contributed by atoms with van der Waals surface area (Å²) in [6.45, 7) is 2.33. The number of carbonyl (C=O) groups excluding carboxylic acids is 2. The van der Waals surface area contributed by atoms with Crippen molar-refractivity contribution < 1.29 is 14.7 Å². The van der Waals surface area contributed by atoms with Crippen LogP contribution in [0.2, 0.25) is 0 Å². The summed E-state index contributed by atoms with van der Waals surface area (Å²) in [7, 11) is 0. The van der Waals surface area contributed by atoms with Gasteiger partial charge in [-0.3, -0.25) is 9.59 Å². The quantitative estimate of drug-likeness (QED) is 0.900. The molecule has 1 unspecified atom stereocenters. The van der Waals surface area contributed by atoms with E-state index >= 15 is 0 Å². The Morgan fingerprint density at radius 3 is 3.00 bits per heavy atom. The summed E-state index contributed by atoms with van der Waals surface area (Å²) < 4.78 is 0. The van der Waals surface area contributed by atoms with Crippen molar-refractivity contribution in [1.82, 2.24) is 0 Å². The summed E-state index contributed by atoms with van der Waals surface area (Å²) in [6.07, 6.45) is 1.10. The number of benzene rings is 1. The van der Waals surface area contributed by atoms with E-state index in [0.717, 1.165) is 11.3 Å². The minimum atomic E-state index is 0.0980. The van der Waals surface area contributed by atoms with E-state index in [1.807, 2.05) is 24.3 Å². The van der Waals surface area contributed by atoms with E-state index in [9.17, 15) is 9.59 Å². The third-order valence-electron chi connectivity index (χ3n) is 3.35.